The summed E-state index contributed by atoms with van der Waals surface area (Å²) in [6.07, 6.45) is 1.86. The smallest absolute Gasteiger partial charge is 0.259 e. The Morgan fingerprint density at radius 2 is 1.90 bits per heavy atom. The van der Waals surface area contributed by atoms with Gasteiger partial charge >= 0.3 is 0 Å². The molecule has 0 saturated heterocycles. The van der Waals surface area contributed by atoms with E-state index in [4.69, 9.17) is 5.73 Å². The number of nitrogens with one attached hydrogen (secondary N) is 1. The van der Waals surface area contributed by atoms with Gasteiger partial charge in [0.05, 0.1) is 5.56 Å². The van der Waals surface area contributed by atoms with Crippen LogP contribution < -0.4 is 11.1 Å². The summed E-state index contributed by atoms with van der Waals surface area (Å²) in [5.41, 5.74) is 10.2. The van der Waals surface area contributed by atoms with Gasteiger partial charge in [-0.2, -0.15) is 0 Å². The number of carbonyl (C=O) groups excluding carboxylic acids is 1. The standard InChI is InChI=1S/C16H16N4O/c1-10-9-11(2)20-8-7-14(15(20)18-10)16(21)19-13-5-3-12(17)4-6-13/h3-9H,17H2,1-2H3,(H,19,21). The van der Waals surface area contributed by atoms with Crippen LogP contribution in [0.25, 0.3) is 5.65 Å². The number of aryl methyl sites for hydroxylation is 2. The molecule has 5 nitrogen and oxygen atoms in total. The van der Waals surface area contributed by atoms with Gasteiger partial charge in [-0.25, -0.2) is 4.98 Å². The van der Waals surface area contributed by atoms with Crippen LogP contribution in [0.2, 0.25) is 0 Å². The molecule has 0 saturated carbocycles. The van der Waals surface area contributed by atoms with Gasteiger partial charge in [0.1, 0.15) is 5.65 Å². The first-order chi connectivity index (χ1) is 10.0. The molecule has 0 fully saturated rings. The van der Waals surface area contributed by atoms with Gasteiger partial charge in [-0.3, -0.25) is 4.79 Å². The average molecular weight is 280 g/mol. The minimum Gasteiger partial charge on any atom is -0.399 e. The third kappa shape index (κ3) is 2.45. The second-order valence-corrected chi connectivity index (χ2v) is 5.04. The van der Waals surface area contributed by atoms with E-state index >= 15 is 0 Å². The molecule has 3 rings (SSSR count). The number of rotatable bonds is 2. The summed E-state index contributed by atoms with van der Waals surface area (Å²) < 4.78 is 1.91. The Kier molecular flexibility index (Phi) is 3.10. The summed E-state index contributed by atoms with van der Waals surface area (Å²) in [7, 11) is 0. The Balaban J connectivity index is 1.96. The highest BCUT2D eigenvalue weighted by Crippen LogP contribution is 2.17. The molecule has 0 bridgehead atoms. The third-order valence-corrected chi connectivity index (χ3v) is 3.35. The monoisotopic (exact) mass is 280 g/mol. The van der Waals surface area contributed by atoms with Gasteiger partial charge in [-0.15, -0.1) is 0 Å². The molecule has 106 valence electrons. The zero-order valence-corrected chi connectivity index (χ0v) is 11.9. The van der Waals surface area contributed by atoms with Crippen molar-refractivity contribution >= 4 is 22.9 Å². The van der Waals surface area contributed by atoms with E-state index in [2.05, 4.69) is 10.3 Å². The molecule has 0 radical (unpaired) electrons. The lowest BCUT2D eigenvalue weighted by atomic mass is 10.2. The lowest BCUT2D eigenvalue weighted by Gasteiger charge is -2.06. The number of hydrogen-bond donors (Lipinski definition) is 2. The number of hydrogen-bond acceptors (Lipinski definition) is 3. The van der Waals surface area contributed by atoms with E-state index in [1.54, 1.807) is 30.3 Å². The molecule has 0 unspecified atom stereocenters. The maximum absolute atomic E-state index is 12.4. The van der Waals surface area contributed by atoms with Crippen molar-refractivity contribution in [2.24, 2.45) is 0 Å². The normalized spacial score (nSPS) is 10.8. The molecule has 2 aromatic heterocycles. The van der Waals surface area contributed by atoms with E-state index in [1.165, 1.54) is 0 Å². The van der Waals surface area contributed by atoms with Crippen LogP contribution >= 0.6 is 0 Å². The number of nitrogen functional groups attached to an aromatic ring is 1. The van der Waals surface area contributed by atoms with Crippen LogP contribution in [-0.2, 0) is 0 Å². The van der Waals surface area contributed by atoms with Crippen molar-refractivity contribution in [3.8, 4) is 0 Å². The molecule has 2 heterocycles. The molecule has 1 aromatic carbocycles. The van der Waals surface area contributed by atoms with Crippen LogP contribution in [0.15, 0.2) is 42.6 Å². The Hall–Kier alpha value is -2.82. The largest absolute Gasteiger partial charge is 0.399 e. The Labute approximate surface area is 122 Å². The molecule has 0 aliphatic rings. The molecular formula is C16H16N4O. The SMILES string of the molecule is Cc1cc(C)n2ccc(C(=O)Nc3ccc(N)cc3)c2n1. The Morgan fingerprint density at radius 1 is 1.19 bits per heavy atom. The van der Waals surface area contributed by atoms with Gasteiger partial charge in [-0.05, 0) is 50.2 Å². The van der Waals surface area contributed by atoms with Crippen LogP contribution in [0.4, 0.5) is 11.4 Å². The first kappa shape index (κ1) is 13.2. The highest BCUT2D eigenvalue weighted by atomic mass is 16.1. The van der Waals surface area contributed by atoms with Gasteiger partial charge in [0, 0.05) is 29.0 Å². The predicted molar refractivity (Wildman–Crippen MR) is 83.5 cm³/mol. The molecule has 5 heteroatoms. The zero-order chi connectivity index (χ0) is 15.0. The minimum atomic E-state index is -0.181. The van der Waals surface area contributed by atoms with E-state index < -0.39 is 0 Å². The number of benzene rings is 1. The Morgan fingerprint density at radius 3 is 2.62 bits per heavy atom. The predicted octanol–water partition coefficient (Wildman–Crippen LogP) is 2.79. The lowest BCUT2D eigenvalue weighted by molar-refractivity contribution is 0.102. The molecule has 0 aliphatic carbocycles. The van der Waals surface area contributed by atoms with E-state index in [0.717, 1.165) is 11.4 Å². The quantitative estimate of drug-likeness (QED) is 0.709. The molecule has 3 aromatic rings. The van der Waals surface area contributed by atoms with Crippen LogP contribution in [0.3, 0.4) is 0 Å². The number of fused-ring (bicyclic) bond motifs is 1. The minimum absolute atomic E-state index is 0.181. The summed E-state index contributed by atoms with van der Waals surface area (Å²) in [5, 5.41) is 2.85. The number of nitrogens with two attached hydrogens (primary N) is 1. The maximum atomic E-state index is 12.4. The van der Waals surface area contributed by atoms with Gasteiger partial charge in [0.25, 0.3) is 5.91 Å². The van der Waals surface area contributed by atoms with Crippen LogP contribution in [-0.4, -0.2) is 15.3 Å². The zero-order valence-electron chi connectivity index (χ0n) is 11.9. The summed E-state index contributed by atoms with van der Waals surface area (Å²) in [6, 6.07) is 10.8. The number of carbonyl (C=O) groups is 1. The highest BCUT2D eigenvalue weighted by molar-refractivity contribution is 6.08. The summed E-state index contributed by atoms with van der Waals surface area (Å²) >= 11 is 0. The molecule has 21 heavy (non-hydrogen) atoms. The number of amides is 1. The van der Waals surface area contributed by atoms with Crippen molar-refractivity contribution in [1.29, 1.82) is 0 Å². The molecular weight excluding hydrogens is 264 g/mol. The van der Waals surface area contributed by atoms with Gasteiger partial charge in [0.15, 0.2) is 0 Å². The molecule has 0 atom stereocenters. The van der Waals surface area contributed by atoms with E-state index in [1.807, 2.05) is 30.5 Å². The highest BCUT2D eigenvalue weighted by Gasteiger charge is 2.14. The molecule has 3 N–H and O–H groups in total. The lowest BCUT2D eigenvalue weighted by Crippen LogP contribution is -2.12. The second-order valence-electron chi connectivity index (χ2n) is 5.04. The maximum Gasteiger partial charge on any atom is 0.259 e. The van der Waals surface area contributed by atoms with E-state index in [-0.39, 0.29) is 5.91 Å². The molecule has 1 amide bonds. The second kappa shape index (κ2) is 4.94. The first-order valence-corrected chi connectivity index (χ1v) is 6.67. The van der Waals surface area contributed by atoms with Crippen molar-refractivity contribution in [3.05, 3.63) is 59.5 Å². The Bertz CT molecular complexity index is 818. The number of anilines is 2. The van der Waals surface area contributed by atoms with E-state index in [0.29, 0.717) is 22.6 Å². The van der Waals surface area contributed by atoms with Crippen LogP contribution in [0.1, 0.15) is 21.7 Å². The van der Waals surface area contributed by atoms with Crippen molar-refractivity contribution in [2.75, 3.05) is 11.1 Å². The van der Waals surface area contributed by atoms with E-state index in [9.17, 15) is 4.79 Å². The van der Waals surface area contributed by atoms with Crippen molar-refractivity contribution in [2.45, 2.75) is 13.8 Å². The summed E-state index contributed by atoms with van der Waals surface area (Å²) in [6.45, 7) is 3.91. The van der Waals surface area contributed by atoms with Crippen molar-refractivity contribution in [1.82, 2.24) is 9.38 Å². The third-order valence-electron chi connectivity index (χ3n) is 3.35. The van der Waals surface area contributed by atoms with Crippen LogP contribution in [0, 0.1) is 13.8 Å². The molecule has 0 aliphatic heterocycles. The first-order valence-electron chi connectivity index (χ1n) is 6.67. The van der Waals surface area contributed by atoms with Crippen molar-refractivity contribution in [3.63, 3.8) is 0 Å². The fourth-order valence-corrected chi connectivity index (χ4v) is 2.34. The fourth-order valence-electron chi connectivity index (χ4n) is 2.34. The van der Waals surface area contributed by atoms with Crippen LogP contribution in [0.5, 0.6) is 0 Å². The topological polar surface area (TPSA) is 72.4 Å². The fraction of sp³-hybridized carbons (Fsp3) is 0.125. The van der Waals surface area contributed by atoms with Gasteiger partial charge in [-0.1, -0.05) is 0 Å². The summed E-state index contributed by atoms with van der Waals surface area (Å²) in [4.78, 5) is 16.9. The van der Waals surface area contributed by atoms with Gasteiger partial charge < -0.3 is 15.5 Å². The number of aromatic nitrogens is 2. The molecule has 0 spiro atoms. The number of nitrogens with zero attached hydrogens (tertiary/aromatic N) is 2. The summed E-state index contributed by atoms with van der Waals surface area (Å²) in [5.74, 6) is -0.181. The average Bonchev–Trinajstić information content (AvgIpc) is 2.85. The van der Waals surface area contributed by atoms with Crippen molar-refractivity contribution < 1.29 is 4.79 Å². The van der Waals surface area contributed by atoms with Gasteiger partial charge in [0.2, 0.25) is 0 Å².